The molecule has 9 heteroatoms. The number of benzene rings is 1. The highest BCUT2D eigenvalue weighted by molar-refractivity contribution is 7.09. The number of halogens is 2. The maximum absolute atomic E-state index is 13.4. The highest BCUT2D eigenvalue weighted by Gasteiger charge is 2.72. The third-order valence-corrected chi connectivity index (χ3v) is 6.52. The van der Waals surface area contributed by atoms with E-state index in [1.807, 2.05) is 12.3 Å². The van der Waals surface area contributed by atoms with Gasteiger partial charge in [0, 0.05) is 22.7 Å². The number of rotatable bonds is 7. The first kappa shape index (κ1) is 19.1. The maximum Gasteiger partial charge on any atom is 0.258 e. The number of nitrogens with one attached hydrogen (secondary N) is 2. The van der Waals surface area contributed by atoms with Crippen LogP contribution in [0, 0.1) is 18.2 Å². The van der Waals surface area contributed by atoms with E-state index in [2.05, 4.69) is 15.6 Å². The fourth-order valence-corrected chi connectivity index (χ4v) is 4.87. The summed E-state index contributed by atoms with van der Waals surface area (Å²) >= 11 is 7.14. The first-order valence-electron chi connectivity index (χ1n) is 8.87. The van der Waals surface area contributed by atoms with Gasteiger partial charge in [-0.2, -0.15) is 0 Å². The van der Waals surface area contributed by atoms with Gasteiger partial charge in [0.15, 0.2) is 6.61 Å². The van der Waals surface area contributed by atoms with Gasteiger partial charge in [-0.1, -0.05) is 11.6 Å². The van der Waals surface area contributed by atoms with Crippen molar-refractivity contribution in [3.8, 4) is 5.75 Å². The molecule has 1 aromatic heterocycles. The van der Waals surface area contributed by atoms with Crippen LogP contribution in [0.2, 0.25) is 5.02 Å². The van der Waals surface area contributed by atoms with Crippen LogP contribution in [0.1, 0.15) is 30.0 Å². The molecule has 0 radical (unpaired) electrons. The molecule has 28 heavy (non-hydrogen) atoms. The summed E-state index contributed by atoms with van der Waals surface area (Å²) in [5, 5.41) is 8.72. The molecular weight excluding hydrogens is 405 g/mol. The van der Waals surface area contributed by atoms with Crippen LogP contribution < -0.4 is 15.4 Å². The van der Waals surface area contributed by atoms with E-state index < -0.39 is 5.82 Å². The number of nitrogens with zero attached hydrogens (tertiary/aromatic N) is 1. The van der Waals surface area contributed by atoms with Crippen LogP contribution in [0.5, 0.6) is 5.75 Å². The third kappa shape index (κ3) is 3.58. The quantitative estimate of drug-likeness (QED) is 0.717. The van der Waals surface area contributed by atoms with E-state index in [-0.39, 0.29) is 40.1 Å². The van der Waals surface area contributed by atoms with Crippen LogP contribution in [0.15, 0.2) is 23.6 Å². The van der Waals surface area contributed by atoms with Crippen molar-refractivity contribution < 1.29 is 18.7 Å². The Bertz CT molecular complexity index is 928. The SMILES string of the molecule is Cc1csc(CNC(=O)C23CC(NC(=O)COc4ccc(Cl)c(F)c4)(C2)C3)n1. The Morgan fingerprint density at radius 2 is 2.11 bits per heavy atom. The van der Waals surface area contributed by atoms with Crippen molar-refractivity contribution in [1.29, 1.82) is 0 Å². The molecule has 6 nitrogen and oxygen atoms in total. The highest BCUT2D eigenvalue weighted by Crippen LogP contribution is 2.67. The monoisotopic (exact) mass is 423 g/mol. The van der Waals surface area contributed by atoms with Gasteiger partial charge in [-0.3, -0.25) is 9.59 Å². The number of carbonyl (C=O) groups excluding carboxylic acids is 2. The summed E-state index contributed by atoms with van der Waals surface area (Å²) in [6.45, 7) is 2.14. The van der Waals surface area contributed by atoms with Crippen molar-refractivity contribution in [2.45, 2.75) is 38.3 Å². The van der Waals surface area contributed by atoms with E-state index in [4.69, 9.17) is 16.3 Å². The molecule has 0 spiro atoms. The van der Waals surface area contributed by atoms with Crippen molar-refractivity contribution in [3.05, 3.63) is 45.1 Å². The van der Waals surface area contributed by atoms with Crippen LogP contribution in [-0.4, -0.2) is 28.9 Å². The standard InChI is InChI=1S/C19H19ClFN3O3S/c1-11-7-28-16(23-11)5-22-17(26)18-8-19(9-18,10-18)24-15(25)6-27-12-2-3-13(20)14(21)4-12/h2-4,7H,5-6,8-10H2,1H3,(H,22,26)(H,24,25). The molecule has 1 heterocycles. The number of ether oxygens (including phenoxy) is 1. The van der Waals surface area contributed by atoms with Crippen molar-refractivity contribution in [2.24, 2.45) is 5.41 Å². The highest BCUT2D eigenvalue weighted by atomic mass is 35.5. The first-order chi connectivity index (χ1) is 13.3. The molecule has 2 N–H and O–H groups in total. The first-order valence-corrected chi connectivity index (χ1v) is 10.1. The zero-order valence-corrected chi connectivity index (χ0v) is 16.8. The Labute approximate surface area is 170 Å². The van der Waals surface area contributed by atoms with Crippen molar-refractivity contribution in [3.63, 3.8) is 0 Å². The van der Waals surface area contributed by atoms with Gasteiger partial charge in [-0.25, -0.2) is 9.37 Å². The summed E-state index contributed by atoms with van der Waals surface area (Å²) in [6.07, 6.45) is 1.89. The summed E-state index contributed by atoms with van der Waals surface area (Å²) in [5.41, 5.74) is 0.255. The number of amides is 2. The molecule has 0 unspecified atom stereocenters. The largest absolute Gasteiger partial charge is 0.484 e. The summed E-state index contributed by atoms with van der Waals surface area (Å²) in [4.78, 5) is 28.9. The van der Waals surface area contributed by atoms with Crippen LogP contribution in [-0.2, 0) is 16.1 Å². The van der Waals surface area contributed by atoms with Crippen LogP contribution in [0.25, 0.3) is 0 Å². The number of hydrogen-bond donors (Lipinski definition) is 2. The molecule has 2 bridgehead atoms. The van der Waals surface area contributed by atoms with E-state index in [1.54, 1.807) is 0 Å². The lowest BCUT2D eigenvalue weighted by Crippen LogP contribution is -2.78. The van der Waals surface area contributed by atoms with E-state index >= 15 is 0 Å². The van der Waals surface area contributed by atoms with Crippen molar-refractivity contribution in [1.82, 2.24) is 15.6 Å². The average Bonchev–Trinajstić information content (AvgIpc) is 3.01. The molecule has 1 aromatic carbocycles. The van der Waals surface area contributed by atoms with E-state index in [1.165, 1.54) is 23.5 Å². The summed E-state index contributed by atoms with van der Waals surface area (Å²) in [6, 6.07) is 4.02. The van der Waals surface area contributed by atoms with Crippen molar-refractivity contribution in [2.75, 3.05) is 6.61 Å². The number of aryl methyl sites for hydroxylation is 1. The minimum absolute atomic E-state index is 0.000706. The predicted molar refractivity (Wildman–Crippen MR) is 103 cm³/mol. The van der Waals surface area contributed by atoms with Gasteiger partial charge < -0.3 is 15.4 Å². The van der Waals surface area contributed by atoms with Gasteiger partial charge in [0.25, 0.3) is 5.91 Å². The van der Waals surface area contributed by atoms with Gasteiger partial charge in [0.1, 0.15) is 16.6 Å². The molecule has 148 valence electrons. The molecular formula is C19H19ClFN3O3S. The zero-order valence-electron chi connectivity index (χ0n) is 15.2. The van der Waals surface area contributed by atoms with Crippen LogP contribution >= 0.6 is 22.9 Å². The number of carbonyl (C=O) groups is 2. The van der Waals surface area contributed by atoms with Gasteiger partial charge in [-0.05, 0) is 38.3 Å². The maximum atomic E-state index is 13.4. The van der Waals surface area contributed by atoms with Crippen LogP contribution in [0.3, 0.4) is 0 Å². The smallest absolute Gasteiger partial charge is 0.258 e. The van der Waals surface area contributed by atoms with Gasteiger partial charge in [0.2, 0.25) is 5.91 Å². The summed E-state index contributed by atoms with van der Waals surface area (Å²) in [7, 11) is 0. The molecule has 0 aliphatic heterocycles. The Hall–Kier alpha value is -2.19. The van der Waals surface area contributed by atoms with Gasteiger partial charge in [-0.15, -0.1) is 11.3 Å². The number of aromatic nitrogens is 1. The lowest BCUT2D eigenvalue weighted by molar-refractivity contribution is -0.184. The third-order valence-electron chi connectivity index (χ3n) is 5.24. The van der Waals surface area contributed by atoms with Crippen molar-refractivity contribution >= 4 is 34.8 Å². The second-order valence-electron chi connectivity index (χ2n) is 7.57. The molecule has 3 aliphatic carbocycles. The van der Waals surface area contributed by atoms with E-state index in [9.17, 15) is 14.0 Å². The van der Waals surface area contributed by atoms with Gasteiger partial charge >= 0.3 is 0 Å². The molecule has 0 saturated heterocycles. The van der Waals surface area contributed by atoms with Crippen LogP contribution in [0.4, 0.5) is 4.39 Å². The predicted octanol–water partition coefficient (Wildman–Crippen LogP) is 2.98. The molecule has 5 rings (SSSR count). The fourth-order valence-electron chi connectivity index (χ4n) is 4.04. The van der Waals surface area contributed by atoms with E-state index in [0.717, 1.165) is 16.8 Å². The topological polar surface area (TPSA) is 80.3 Å². The lowest BCUT2D eigenvalue weighted by Gasteiger charge is -2.69. The average molecular weight is 424 g/mol. The molecule has 0 atom stereocenters. The minimum atomic E-state index is -0.597. The normalized spacial score (nSPS) is 24.7. The Kier molecular flexibility index (Phi) is 4.79. The Morgan fingerprint density at radius 3 is 2.75 bits per heavy atom. The number of hydrogen-bond acceptors (Lipinski definition) is 5. The second kappa shape index (κ2) is 7.00. The zero-order chi connectivity index (χ0) is 19.9. The Morgan fingerprint density at radius 1 is 1.36 bits per heavy atom. The molecule has 3 fully saturated rings. The molecule has 2 amide bonds. The summed E-state index contributed by atoms with van der Waals surface area (Å²) < 4.78 is 18.7. The van der Waals surface area contributed by atoms with E-state index in [0.29, 0.717) is 25.8 Å². The minimum Gasteiger partial charge on any atom is -0.484 e. The number of thiazole rings is 1. The lowest BCUT2D eigenvalue weighted by atomic mass is 9.39. The second-order valence-corrected chi connectivity index (χ2v) is 8.92. The molecule has 3 saturated carbocycles. The Balaban J connectivity index is 1.21. The molecule has 3 aliphatic rings. The summed E-state index contributed by atoms with van der Waals surface area (Å²) in [5.74, 6) is -0.630. The van der Waals surface area contributed by atoms with Gasteiger partial charge in [0.05, 0.1) is 17.0 Å². The molecule has 2 aromatic rings. The fraction of sp³-hybridized carbons (Fsp3) is 0.421.